The van der Waals surface area contributed by atoms with Crippen molar-refractivity contribution in [2.75, 3.05) is 0 Å². The lowest BCUT2D eigenvalue weighted by Crippen LogP contribution is -2.51. The molecule has 4 aromatic carbocycles. The zero-order valence-corrected chi connectivity index (χ0v) is 33.4. The molecular formula is C44H46Cl4P2. The minimum Gasteiger partial charge on any atom is -0.0843 e. The van der Waals surface area contributed by atoms with E-state index < -0.39 is 15.8 Å². The highest BCUT2D eigenvalue weighted by molar-refractivity contribution is 7.74. The minimum absolute atomic E-state index is 0.511. The molecule has 0 aromatic heterocycles. The second kappa shape index (κ2) is 16.1. The Morgan fingerprint density at radius 2 is 0.620 bits per heavy atom. The third kappa shape index (κ3) is 7.48. The number of fused-ring (bicyclic) bond motifs is 2. The van der Waals surface area contributed by atoms with Crippen LogP contribution >= 0.6 is 62.2 Å². The summed E-state index contributed by atoms with van der Waals surface area (Å²) in [5.41, 5.74) is 1.02. The first kappa shape index (κ1) is 35.9. The van der Waals surface area contributed by atoms with Crippen molar-refractivity contribution < 1.29 is 0 Å². The summed E-state index contributed by atoms with van der Waals surface area (Å²) in [6.45, 7) is 0. The molecule has 0 spiro atoms. The molecule has 0 aliphatic heterocycles. The summed E-state index contributed by atoms with van der Waals surface area (Å²) in [5.74, 6) is 6.76. The molecule has 0 bridgehead atoms. The van der Waals surface area contributed by atoms with E-state index >= 15 is 0 Å². The Balaban J connectivity index is 1.31. The molecule has 6 atom stereocenters. The summed E-state index contributed by atoms with van der Waals surface area (Å²) in [7, 11) is -1.35. The third-order valence-electron chi connectivity index (χ3n) is 12.3. The van der Waals surface area contributed by atoms with Crippen LogP contribution in [-0.4, -0.2) is 11.3 Å². The molecule has 0 nitrogen and oxygen atoms in total. The van der Waals surface area contributed by atoms with E-state index in [1.807, 2.05) is 11.8 Å². The van der Waals surface area contributed by atoms with Gasteiger partial charge in [0.2, 0.25) is 0 Å². The van der Waals surface area contributed by atoms with Gasteiger partial charge in [-0.25, -0.2) is 0 Å². The molecule has 6 unspecified atom stereocenters. The van der Waals surface area contributed by atoms with Gasteiger partial charge in [0.15, 0.2) is 0 Å². The zero-order chi connectivity index (χ0) is 34.2. The number of halogens is 4. The van der Waals surface area contributed by atoms with Crippen molar-refractivity contribution in [2.45, 2.75) is 88.4 Å². The van der Waals surface area contributed by atoms with Gasteiger partial charge >= 0.3 is 0 Å². The molecule has 6 heteroatoms. The quantitative estimate of drug-likeness (QED) is 0.164. The molecule has 4 fully saturated rings. The summed E-state index contributed by atoms with van der Waals surface area (Å²) in [6, 6.07) is 35.5. The lowest BCUT2D eigenvalue weighted by molar-refractivity contribution is 0.148. The van der Waals surface area contributed by atoms with Gasteiger partial charge in [-0.2, -0.15) is 0 Å². The standard InChI is InChI=1S/C44H46Cl4P2/c45-31-11-19-35(20-12-31)49(36-21-13-32(46)14-22-36)41-27-9-29-5-1-3-7-39(29)43(41)44-40-8-4-2-6-30(40)10-28-42(44)50(37-23-15-33(47)16-24-37)38-25-17-34(48)18-26-38/h11-26,29-30,39-42H,1-10,27-28H2. The molecule has 0 heterocycles. The average Bonchev–Trinajstić information content (AvgIpc) is 3.15. The highest BCUT2D eigenvalue weighted by Crippen LogP contribution is 2.66. The van der Waals surface area contributed by atoms with E-state index in [1.54, 1.807) is 0 Å². The number of hydrogen-bond donors (Lipinski definition) is 0. The van der Waals surface area contributed by atoms with Crippen LogP contribution in [0.25, 0.3) is 0 Å². The Morgan fingerprint density at radius 3 is 0.920 bits per heavy atom. The summed E-state index contributed by atoms with van der Waals surface area (Å²) < 4.78 is 0. The first-order valence-corrected chi connectivity index (χ1v) is 23.1. The summed E-state index contributed by atoms with van der Waals surface area (Å²) in [6.07, 6.45) is 16.1. The van der Waals surface area contributed by atoms with Crippen LogP contribution in [0.2, 0.25) is 20.1 Å². The second-order valence-electron chi connectivity index (χ2n) is 15.0. The van der Waals surface area contributed by atoms with E-state index in [4.69, 9.17) is 46.4 Å². The molecule has 4 aliphatic carbocycles. The average molecular weight is 779 g/mol. The van der Waals surface area contributed by atoms with Gasteiger partial charge in [0.25, 0.3) is 0 Å². The monoisotopic (exact) mass is 776 g/mol. The number of benzene rings is 4. The first-order valence-electron chi connectivity index (χ1n) is 18.8. The summed E-state index contributed by atoms with van der Waals surface area (Å²) >= 11 is 26.2. The Labute approximate surface area is 322 Å². The van der Waals surface area contributed by atoms with Gasteiger partial charge in [0.05, 0.1) is 0 Å². The second-order valence-corrected chi connectivity index (χ2v) is 21.6. The topological polar surface area (TPSA) is 0 Å². The highest BCUT2D eigenvalue weighted by atomic mass is 35.5. The summed E-state index contributed by atoms with van der Waals surface area (Å²) in [5, 5.41) is 8.99. The van der Waals surface area contributed by atoms with E-state index in [9.17, 15) is 0 Å². The normalized spacial score (nSPS) is 27.6. The van der Waals surface area contributed by atoms with E-state index in [0.29, 0.717) is 23.2 Å². The fourth-order valence-corrected chi connectivity index (χ4v) is 16.7. The van der Waals surface area contributed by atoms with Crippen LogP contribution in [0.15, 0.2) is 97.1 Å². The molecule has 4 aliphatic rings. The molecule has 0 saturated heterocycles. The predicted molar refractivity (Wildman–Crippen MR) is 222 cm³/mol. The third-order valence-corrected chi connectivity index (χ3v) is 19.1. The van der Waals surface area contributed by atoms with E-state index in [2.05, 4.69) is 97.1 Å². The SMILES string of the molecule is Clc1ccc(P(c2ccc(Cl)cc2)C2CCC3CCCCC3[C]2[C]2C3CCCCC3CCC2P(c2ccc(Cl)cc2)c2ccc(Cl)cc2)cc1. The van der Waals surface area contributed by atoms with Crippen molar-refractivity contribution in [3.8, 4) is 0 Å². The van der Waals surface area contributed by atoms with Gasteiger partial charge in [-0.05, 0) is 171 Å². The molecule has 0 amide bonds. The van der Waals surface area contributed by atoms with Crippen LogP contribution in [0.3, 0.4) is 0 Å². The predicted octanol–water partition coefficient (Wildman–Crippen LogP) is 13.0. The highest BCUT2D eigenvalue weighted by Gasteiger charge is 2.55. The molecule has 0 N–H and O–H groups in total. The number of rotatable bonds is 7. The van der Waals surface area contributed by atoms with Crippen LogP contribution < -0.4 is 21.2 Å². The number of hydrogen-bond acceptors (Lipinski definition) is 0. The van der Waals surface area contributed by atoms with Crippen LogP contribution in [0, 0.1) is 35.5 Å². The molecule has 2 radical (unpaired) electrons. The van der Waals surface area contributed by atoms with Gasteiger partial charge in [-0.1, -0.05) is 133 Å². The fraction of sp³-hybridized carbons (Fsp3) is 0.409. The Morgan fingerprint density at radius 1 is 0.340 bits per heavy atom. The maximum atomic E-state index is 6.54. The smallest absolute Gasteiger partial charge is 0.0406 e. The molecule has 260 valence electrons. The maximum absolute atomic E-state index is 6.54. The fourth-order valence-electron chi connectivity index (χ4n) is 10.2. The Hall–Kier alpha value is -1.10. The first-order chi connectivity index (χ1) is 24.4. The Kier molecular flexibility index (Phi) is 11.6. The minimum atomic E-state index is -0.673. The van der Waals surface area contributed by atoms with E-state index in [1.165, 1.54) is 98.3 Å². The van der Waals surface area contributed by atoms with Gasteiger partial charge < -0.3 is 0 Å². The zero-order valence-electron chi connectivity index (χ0n) is 28.6. The van der Waals surface area contributed by atoms with Crippen molar-refractivity contribution in [1.29, 1.82) is 0 Å². The van der Waals surface area contributed by atoms with E-state index in [0.717, 1.165) is 31.9 Å². The van der Waals surface area contributed by atoms with Crippen LogP contribution in [0.5, 0.6) is 0 Å². The molecule has 8 rings (SSSR count). The van der Waals surface area contributed by atoms with Crippen LogP contribution in [0.4, 0.5) is 0 Å². The van der Waals surface area contributed by atoms with Gasteiger partial charge in [0.1, 0.15) is 0 Å². The molecule has 4 aromatic rings. The van der Waals surface area contributed by atoms with Gasteiger partial charge in [0, 0.05) is 20.1 Å². The summed E-state index contributed by atoms with van der Waals surface area (Å²) in [4.78, 5) is 0. The lowest BCUT2D eigenvalue weighted by atomic mass is 9.54. The van der Waals surface area contributed by atoms with Crippen LogP contribution in [0.1, 0.15) is 77.0 Å². The lowest BCUT2D eigenvalue weighted by Gasteiger charge is -2.58. The van der Waals surface area contributed by atoms with Gasteiger partial charge in [-0.3, -0.25) is 0 Å². The van der Waals surface area contributed by atoms with E-state index in [-0.39, 0.29) is 0 Å². The van der Waals surface area contributed by atoms with Crippen molar-refractivity contribution in [3.63, 3.8) is 0 Å². The Bertz CT molecular complexity index is 1490. The van der Waals surface area contributed by atoms with Crippen molar-refractivity contribution in [2.24, 2.45) is 23.7 Å². The molecule has 50 heavy (non-hydrogen) atoms. The maximum Gasteiger partial charge on any atom is 0.0406 e. The van der Waals surface area contributed by atoms with Crippen molar-refractivity contribution >= 4 is 83.5 Å². The largest absolute Gasteiger partial charge is 0.0843 e. The van der Waals surface area contributed by atoms with Crippen molar-refractivity contribution in [1.82, 2.24) is 0 Å². The van der Waals surface area contributed by atoms with Gasteiger partial charge in [-0.15, -0.1) is 0 Å². The molecule has 4 saturated carbocycles. The van der Waals surface area contributed by atoms with Crippen LogP contribution in [-0.2, 0) is 0 Å². The van der Waals surface area contributed by atoms with Crippen molar-refractivity contribution in [3.05, 3.63) is 129 Å². The molecular weight excluding hydrogens is 732 g/mol.